The summed E-state index contributed by atoms with van der Waals surface area (Å²) in [6.45, 7) is 1.98. The van der Waals surface area contributed by atoms with Gasteiger partial charge in [-0.2, -0.15) is 0 Å². The Hall–Kier alpha value is -3.44. The van der Waals surface area contributed by atoms with Gasteiger partial charge < -0.3 is 10.1 Å². The summed E-state index contributed by atoms with van der Waals surface area (Å²) in [4.78, 5) is 26.2. The molecule has 0 aliphatic heterocycles. The molecule has 4 nitrogen and oxygen atoms in total. The molecule has 1 N–H and O–H groups in total. The van der Waals surface area contributed by atoms with Crippen molar-refractivity contribution < 1.29 is 9.53 Å². The van der Waals surface area contributed by atoms with Crippen LogP contribution in [0, 0.1) is 6.92 Å². The van der Waals surface area contributed by atoms with Gasteiger partial charge in [0.15, 0.2) is 5.43 Å². The minimum atomic E-state index is -0.271. The van der Waals surface area contributed by atoms with Gasteiger partial charge in [-0.3, -0.25) is 9.59 Å². The van der Waals surface area contributed by atoms with Gasteiger partial charge in [-0.15, -0.1) is 11.3 Å². The summed E-state index contributed by atoms with van der Waals surface area (Å²) >= 11 is 1.40. The van der Waals surface area contributed by atoms with Crippen molar-refractivity contribution in [3.63, 3.8) is 0 Å². The molecule has 1 amide bonds. The van der Waals surface area contributed by atoms with Gasteiger partial charge >= 0.3 is 0 Å². The van der Waals surface area contributed by atoms with Crippen molar-refractivity contribution in [3.8, 4) is 16.9 Å². The van der Waals surface area contributed by atoms with E-state index in [-0.39, 0.29) is 11.3 Å². The molecule has 1 heterocycles. The molecule has 144 valence electrons. The van der Waals surface area contributed by atoms with E-state index in [4.69, 9.17) is 4.74 Å². The number of methoxy groups -OCH3 is 1. The van der Waals surface area contributed by atoms with E-state index in [2.05, 4.69) is 5.32 Å². The van der Waals surface area contributed by atoms with Crippen LogP contribution < -0.4 is 15.5 Å². The number of ether oxygens (including phenoxy) is 1. The van der Waals surface area contributed by atoms with Gasteiger partial charge in [0, 0.05) is 15.6 Å². The summed E-state index contributed by atoms with van der Waals surface area (Å²) in [6, 6.07) is 22.1. The lowest BCUT2D eigenvalue weighted by molar-refractivity contribution is 0.102. The summed E-state index contributed by atoms with van der Waals surface area (Å²) in [6.07, 6.45) is 0. The molecular formula is C24H19NO3S. The molecule has 0 radical (unpaired) electrons. The molecule has 0 spiro atoms. The van der Waals surface area contributed by atoms with Crippen molar-refractivity contribution >= 4 is 32.3 Å². The van der Waals surface area contributed by atoms with Gasteiger partial charge in [0.05, 0.1) is 12.7 Å². The highest BCUT2D eigenvalue weighted by atomic mass is 32.1. The van der Waals surface area contributed by atoms with E-state index < -0.39 is 0 Å². The van der Waals surface area contributed by atoms with Gasteiger partial charge in [-0.1, -0.05) is 42.0 Å². The first-order valence-electron chi connectivity index (χ1n) is 9.15. The lowest BCUT2D eigenvalue weighted by Gasteiger charge is -2.12. The third kappa shape index (κ3) is 3.77. The minimum Gasteiger partial charge on any atom is -0.497 e. The molecule has 0 saturated heterocycles. The van der Waals surface area contributed by atoms with Crippen LogP contribution in [0.15, 0.2) is 77.6 Å². The highest BCUT2D eigenvalue weighted by molar-refractivity contribution is 7.22. The molecular weight excluding hydrogens is 382 g/mol. The number of fused-ring (bicyclic) bond motifs is 1. The van der Waals surface area contributed by atoms with Crippen LogP contribution in [0.25, 0.3) is 21.2 Å². The number of anilines is 1. The zero-order chi connectivity index (χ0) is 20.4. The number of carbonyl (C=O) groups is 1. The molecule has 0 fully saturated rings. The van der Waals surface area contributed by atoms with Gasteiger partial charge in [0.2, 0.25) is 0 Å². The summed E-state index contributed by atoms with van der Waals surface area (Å²) in [5.74, 6) is 0.407. The number of nitrogens with one attached hydrogen (secondary N) is 1. The molecule has 0 aliphatic rings. The predicted octanol–water partition coefficient (Wildman–Crippen LogP) is 5.50. The van der Waals surface area contributed by atoms with Crippen LogP contribution in [-0.2, 0) is 0 Å². The molecule has 4 rings (SSSR count). The Balaban J connectivity index is 1.84. The predicted molar refractivity (Wildman–Crippen MR) is 119 cm³/mol. The van der Waals surface area contributed by atoms with E-state index in [9.17, 15) is 9.59 Å². The maximum absolute atomic E-state index is 13.3. The van der Waals surface area contributed by atoms with E-state index in [0.717, 1.165) is 15.8 Å². The molecule has 1 aromatic heterocycles. The Bertz CT molecular complexity index is 1260. The van der Waals surface area contributed by atoms with E-state index in [1.54, 1.807) is 31.4 Å². The Morgan fingerprint density at radius 1 is 0.966 bits per heavy atom. The molecule has 4 aromatic rings. The first-order valence-corrected chi connectivity index (χ1v) is 9.97. The number of rotatable bonds is 4. The smallest absolute Gasteiger partial charge is 0.256 e. The number of amides is 1. The van der Waals surface area contributed by atoms with E-state index in [1.165, 1.54) is 11.3 Å². The average molecular weight is 401 g/mol. The summed E-state index contributed by atoms with van der Waals surface area (Å²) in [5, 5.41) is 4.15. The zero-order valence-corrected chi connectivity index (χ0v) is 16.9. The molecule has 0 bridgehead atoms. The molecule has 0 unspecified atom stereocenters. The van der Waals surface area contributed by atoms with Gasteiger partial charge in [-0.25, -0.2) is 0 Å². The summed E-state index contributed by atoms with van der Waals surface area (Å²) in [7, 11) is 1.58. The van der Waals surface area contributed by atoms with E-state index in [1.807, 2.05) is 55.5 Å². The van der Waals surface area contributed by atoms with Crippen molar-refractivity contribution in [1.82, 2.24) is 0 Å². The van der Waals surface area contributed by atoms with Crippen LogP contribution in [0.3, 0.4) is 0 Å². The Morgan fingerprint density at radius 3 is 2.45 bits per heavy atom. The highest BCUT2D eigenvalue weighted by Gasteiger charge is 2.17. The van der Waals surface area contributed by atoms with Crippen LogP contribution in [0.5, 0.6) is 5.75 Å². The Morgan fingerprint density at radius 2 is 1.72 bits per heavy atom. The number of carbonyl (C=O) groups excluding carboxylic acids is 1. The summed E-state index contributed by atoms with van der Waals surface area (Å²) < 4.78 is 5.98. The third-order valence-electron chi connectivity index (χ3n) is 4.68. The molecule has 0 saturated carbocycles. The average Bonchev–Trinajstić information content (AvgIpc) is 2.74. The molecule has 0 aliphatic carbocycles. The number of aryl methyl sites for hydroxylation is 1. The maximum atomic E-state index is 13.3. The minimum absolute atomic E-state index is 0.0880. The van der Waals surface area contributed by atoms with Crippen molar-refractivity contribution in [2.24, 2.45) is 0 Å². The van der Waals surface area contributed by atoms with Gasteiger partial charge in [0.25, 0.3) is 5.91 Å². The number of hydrogen-bond donors (Lipinski definition) is 1. The highest BCUT2D eigenvalue weighted by Crippen LogP contribution is 2.34. The first kappa shape index (κ1) is 18.9. The van der Waals surface area contributed by atoms with E-state index >= 15 is 0 Å². The molecule has 0 atom stereocenters. The monoisotopic (exact) mass is 401 g/mol. The Kier molecular flexibility index (Phi) is 5.14. The second-order valence-electron chi connectivity index (χ2n) is 6.68. The summed E-state index contributed by atoms with van der Waals surface area (Å²) in [5.41, 5.74) is 2.76. The van der Waals surface area contributed by atoms with Crippen molar-refractivity contribution in [3.05, 3.63) is 94.1 Å². The fraction of sp³-hybridized carbons (Fsp3) is 0.0833. The van der Waals surface area contributed by atoms with Gasteiger partial charge in [0.1, 0.15) is 10.8 Å². The van der Waals surface area contributed by atoms with Crippen molar-refractivity contribution in [2.75, 3.05) is 12.4 Å². The second-order valence-corrected chi connectivity index (χ2v) is 7.74. The second kappa shape index (κ2) is 7.89. The topological polar surface area (TPSA) is 55.4 Å². The Labute approximate surface area is 172 Å². The van der Waals surface area contributed by atoms with Crippen molar-refractivity contribution in [1.29, 1.82) is 0 Å². The molecule has 29 heavy (non-hydrogen) atoms. The molecule has 5 heteroatoms. The van der Waals surface area contributed by atoms with Crippen LogP contribution in [-0.4, -0.2) is 13.0 Å². The first-order chi connectivity index (χ1) is 14.1. The standard InChI is InChI=1S/C24H19NO3S/c1-15-6-5-7-17(14-15)21-22(26)19-8-3-4-9-20(19)29-24(21)25-23(27)16-10-12-18(28-2)13-11-16/h3-14H,1-2H3,(H,25,27). The zero-order valence-electron chi connectivity index (χ0n) is 16.1. The molecule has 3 aromatic carbocycles. The number of hydrogen-bond acceptors (Lipinski definition) is 4. The maximum Gasteiger partial charge on any atom is 0.256 e. The number of benzene rings is 3. The quantitative estimate of drug-likeness (QED) is 0.491. The fourth-order valence-corrected chi connectivity index (χ4v) is 4.30. The van der Waals surface area contributed by atoms with Gasteiger partial charge in [-0.05, 0) is 48.9 Å². The third-order valence-corrected chi connectivity index (χ3v) is 5.77. The van der Waals surface area contributed by atoms with Crippen LogP contribution in [0.4, 0.5) is 5.00 Å². The SMILES string of the molecule is COc1ccc(C(=O)Nc2sc3ccccc3c(=O)c2-c2cccc(C)c2)cc1. The van der Waals surface area contributed by atoms with Crippen molar-refractivity contribution in [2.45, 2.75) is 6.92 Å². The largest absolute Gasteiger partial charge is 0.497 e. The lowest BCUT2D eigenvalue weighted by Crippen LogP contribution is -2.15. The van der Waals surface area contributed by atoms with E-state index in [0.29, 0.717) is 27.3 Å². The fourth-order valence-electron chi connectivity index (χ4n) is 3.21. The lowest BCUT2D eigenvalue weighted by atomic mass is 10.0. The normalized spacial score (nSPS) is 10.7. The van der Waals surface area contributed by atoms with Crippen LogP contribution in [0.1, 0.15) is 15.9 Å². The van der Waals surface area contributed by atoms with Crippen LogP contribution in [0.2, 0.25) is 0 Å². The van der Waals surface area contributed by atoms with Crippen LogP contribution >= 0.6 is 11.3 Å².